The highest BCUT2D eigenvalue weighted by atomic mass is 32.2. The Balaban J connectivity index is 1.64. The lowest BCUT2D eigenvalue weighted by atomic mass is 9.83. The predicted molar refractivity (Wildman–Crippen MR) is 91.3 cm³/mol. The third-order valence-electron chi connectivity index (χ3n) is 4.02. The van der Waals surface area contributed by atoms with Crippen LogP contribution < -0.4 is 15.4 Å². The Morgan fingerprint density at radius 1 is 1.44 bits per heavy atom. The fourth-order valence-electron chi connectivity index (χ4n) is 2.66. The van der Waals surface area contributed by atoms with Crippen molar-refractivity contribution in [2.75, 3.05) is 12.4 Å². The highest BCUT2D eigenvalue weighted by Crippen LogP contribution is 2.37. The van der Waals surface area contributed by atoms with Crippen LogP contribution in [0.1, 0.15) is 35.7 Å². The van der Waals surface area contributed by atoms with Crippen molar-refractivity contribution >= 4 is 15.9 Å². The first kappa shape index (κ1) is 19.2. The molecule has 0 spiro atoms. The van der Waals surface area contributed by atoms with Crippen molar-refractivity contribution in [1.29, 1.82) is 0 Å². The summed E-state index contributed by atoms with van der Waals surface area (Å²) >= 11 is 0. The molecule has 4 N–H and O–H groups in total. The lowest BCUT2D eigenvalue weighted by molar-refractivity contribution is 0.232. The number of ether oxygens (including phenoxy) is 1. The van der Waals surface area contributed by atoms with Crippen LogP contribution in [0.25, 0.3) is 0 Å². The van der Waals surface area contributed by atoms with E-state index in [2.05, 4.69) is 19.9 Å². The van der Waals surface area contributed by atoms with Gasteiger partial charge in [-0.1, -0.05) is 6.07 Å². The summed E-state index contributed by atoms with van der Waals surface area (Å²) in [6, 6.07) is 4.13. The number of aromatic nitrogens is 2. The summed E-state index contributed by atoms with van der Waals surface area (Å²) in [4.78, 5) is 4.31. The number of unbranched alkanes of at least 4 members (excludes halogenated alkanes) is 1. The van der Waals surface area contributed by atoms with Gasteiger partial charge >= 0.3 is 0 Å². The first-order valence-electron chi connectivity index (χ1n) is 8.10. The number of hydroxylamine groups is 1. The van der Waals surface area contributed by atoms with Crippen molar-refractivity contribution in [2.24, 2.45) is 10.1 Å². The van der Waals surface area contributed by atoms with Crippen LogP contribution in [0, 0.1) is 5.82 Å². The number of primary sulfonamides is 1. The number of hydrogen-bond acceptors (Lipinski definition) is 8. The molecule has 12 heteroatoms. The molecule has 0 radical (unpaired) electrons. The second-order valence-corrected chi connectivity index (χ2v) is 7.73. The van der Waals surface area contributed by atoms with Gasteiger partial charge in [0.1, 0.15) is 5.82 Å². The minimum absolute atomic E-state index is 0.00954. The van der Waals surface area contributed by atoms with E-state index < -0.39 is 10.0 Å². The maximum atomic E-state index is 13.4. The van der Waals surface area contributed by atoms with Crippen LogP contribution in [-0.2, 0) is 16.4 Å². The van der Waals surface area contributed by atoms with Gasteiger partial charge in [0.2, 0.25) is 15.7 Å². The predicted octanol–water partition coefficient (Wildman–Crippen LogP) is 0.679. The molecule has 0 fully saturated rings. The third-order valence-corrected chi connectivity index (χ3v) is 4.87. The SMILES string of the molecule is NS(=O)(=O)CCCCOc1nonc1C(=N[C@H]1Cc2ccc(F)cc21)NO. The van der Waals surface area contributed by atoms with E-state index in [1.807, 2.05) is 5.48 Å². The molecule has 3 rings (SSSR count). The number of nitrogens with one attached hydrogen (secondary N) is 1. The number of hydrogen-bond donors (Lipinski definition) is 3. The summed E-state index contributed by atoms with van der Waals surface area (Å²) in [7, 11) is -3.51. The van der Waals surface area contributed by atoms with Crippen molar-refractivity contribution in [3.8, 4) is 5.88 Å². The van der Waals surface area contributed by atoms with Crippen molar-refractivity contribution in [3.63, 3.8) is 0 Å². The van der Waals surface area contributed by atoms with Crippen LogP contribution in [0.15, 0.2) is 27.8 Å². The maximum Gasteiger partial charge on any atom is 0.287 e. The Hall–Kier alpha value is -2.57. The normalized spacial score (nSPS) is 16.6. The summed E-state index contributed by atoms with van der Waals surface area (Å²) in [5.74, 6) is -0.554. The average molecular weight is 399 g/mol. The molecular weight excluding hydrogens is 381 g/mol. The van der Waals surface area contributed by atoms with Crippen LogP contribution in [0.3, 0.4) is 0 Å². The Labute approximate surface area is 154 Å². The van der Waals surface area contributed by atoms with Gasteiger partial charge in [-0.15, -0.1) is 0 Å². The number of halogens is 1. The van der Waals surface area contributed by atoms with E-state index >= 15 is 0 Å². The molecule has 1 aromatic carbocycles. The van der Waals surface area contributed by atoms with Gasteiger partial charge in [0.05, 0.1) is 18.4 Å². The minimum atomic E-state index is -3.51. The van der Waals surface area contributed by atoms with Crippen LogP contribution in [-0.4, -0.2) is 42.1 Å². The summed E-state index contributed by atoms with van der Waals surface area (Å²) in [6.45, 7) is 0.146. The molecular formula is C15H18FN5O5S. The molecule has 2 aromatic rings. The molecule has 0 saturated carbocycles. The van der Waals surface area contributed by atoms with Gasteiger partial charge in [-0.25, -0.2) is 22.6 Å². The standard InChI is InChI=1S/C15H18FN5O5S/c16-10-4-3-9-7-12(11(9)8-10)18-14(19-22)13-15(21-26-20-13)25-5-1-2-6-27(17,23)24/h3-4,8,12,22H,1-2,5-7H2,(H,18,19)(H2,17,23,24)/t12-/m0/s1. The van der Waals surface area contributed by atoms with Crippen LogP contribution in [0.4, 0.5) is 4.39 Å². The van der Waals surface area contributed by atoms with Crippen LogP contribution in [0.2, 0.25) is 0 Å². The smallest absolute Gasteiger partial charge is 0.287 e. The fourth-order valence-corrected chi connectivity index (χ4v) is 3.26. The molecule has 0 saturated heterocycles. The lowest BCUT2D eigenvalue weighted by Gasteiger charge is -2.27. The highest BCUT2D eigenvalue weighted by molar-refractivity contribution is 7.89. The fraction of sp³-hybridized carbons (Fsp3) is 0.400. The Morgan fingerprint density at radius 2 is 2.26 bits per heavy atom. The van der Waals surface area contributed by atoms with E-state index in [-0.39, 0.29) is 41.6 Å². The topological polar surface area (TPSA) is 153 Å². The van der Waals surface area contributed by atoms with Gasteiger partial charge in [-0.3, -0.25) is 15.7 Å². The zero-order valence-corrected chi connectivity index (χ0v) is 14.9. The average Bonchev–Trinajstić information content (AvgIpc) is 3.05. The molecule has 1 aromatic heterocycles. The molecule has 1 aliphatic carbocycles. The second kappa shape index (κ2) is 7.98. The molecule has 27 heavy (non-hydrogen) atoms. The third kappa shape index (κ3) is 4.78. The zero-order valence-electron chi connectivity index (χ0n) is 14.1. The lowest BCUT2D eigenvalue weighted by Crippen LogP contribution is -2.26. The second-order valence-electron chi connectivity index (χ2n) is 5.99. The van der Waals surface area contributed by atoms with Crippen molar-refractivity contribution in [2.45, 2.75) is 25.3 Å². The first-order chi connectivity index (χ1) is 12.9. The van der Waals surface area contributed by atoms with Crippen LogP contribution in [0.5, 0.6) is 5.88 Å². The maximum absolute atomic E-state index is 13.4. The Morgan fingerprint density at radius 3 is 3.00 bits per heavy atom. The van der Waals surface area contributed by atoms with E-state index in [0.717, 1.165) is 11.1 Å². The van der Waals surface area contributed by atoms with Gasteiger partial charge in [0, 0.05) is 0 Å². The Bertz CT molecular complexity index is 946. The number of fused-ring (bicyclic) bond motifs is 1. The number of benzene rings is 1. The van der Waals surface area contributed by atoms with Crippen molar-refractivity contribution in [1.82, 2.24) is 15.8 Å². The zero-order chi connectivity index (χ0) is 19.4. The molecule has 0 amide bonds. The number of amidine groups is 1. The summed E-state index contributed by atoms with van der Waals surface area (Å²) in [6.07, 6.45) is 1.33. The number of nitrogens with zero attached hydrogens (tertiary/aromatic N) is 3. The van der Waals surface area contributed by atoms with Gasteiger partial charge < -0.3 is 4.74 Å². The molecule has 0 bridgehead atoms. The highest BCUT2D eigenvalue weighted by Gasteiger charge is 2.28. The molecule has 1 heterocycles. The molecule has 1 aliphatic rings. The van der Waals surface area contributed by atoms with Gasteiger partial charge in [0.15, 0.2) is 5.84 Å². The Kier molecular flexibility index (Phi) is 5.68. The molecule has 1 atom stereocenters. The summed E-state index contributed by atoms with van der Waals surface area (Å²) in [5.41, 5.74) is 3.68. The summed E-state index contributed by atoms with van der Waals surface area (Å²) < 4.78 is 45.2. The van der Waals surface area contributed by atoms with Gasteiger partial charge in [-0.05, 0) is 52.8 Å². The quantitative estimate of drug-likeness (QED) is 0.253. The van der Waals surface area contributed by atoms with Crippen molar-refractivity contribution in [3.05, 3.63) is 40.8 Å². The molecule has 10 nitrogen and oxygen atoms in total. The minimum Gasteiger partial charge on any atom is -0.474 e. The largest absolute Gasteiger partial charge is 0.474 e. The van der Waals surface area contributed by atoms with E-state index in [0.29, 0.717) is 19.3 Å². The molecule has 146 valence electrons. The van der Waals surface area contributed by atoms with Crippen molar-refractivity contribution < 1.29 is 27.4 Å². The summed E-state index contributed by atoms with van der Waals surface area (Å²) in [5, 5.41) is 21.6. The number of sulfonamides is 1. The van der Waals surface area contributed by atoms with Crippen LogP contribution >= 0.6 is 0 Å². The monoisotopic (exact) mass is 399 g/mol. The van der Waals surface area contributed by atoms with Gasteiger partial charge in [0.25, 0.3) is 5.88 Å². The molecule has 0 aliphatic heterocycles. The number of rotatable bonds is 8. The van der Waals surface area contributed by atoms with E-state index in [9.17, 15) is 18.0 Å². The van der Waals surface area contributed by atoms with E-state index in [1.165, 1.54) is 12.1 Å². The number of aliphatic imine (C=N–C) groups is 1. The molecule has 0 unspecified atom stereocenters. The van der Waals surface area contributed by atoms with E-state index in [1.54, 1.807) is 6.07 Å². The number of nitrogens with two attached hydrogens (primary N) is 1. The first-order valence-corrected chi connectivity index (χ1v) is 9.81. The van der Waals surface area contributed by atoms with Gasteiger partial charge in [-0.2, -0.15) is 0 Å². The van der Waals surface area contributed by atoms with E-state index in [4.69, 9.17) is 9.88 Å².